The Hall–Kier alpha value is -0.680. The summed E-state index contributed by atoms with van der Waals surface area (Å²) in [6, 6.07) is 0. The topological polar surface area (TPSA) is 55.1 Å². The number of hydrogen-bond donors (Lipinski definition) is 2. The summed E-state index contributed by atoms with van der Waals surface area (Å²) in [5, 5.41) is 2.90. The molecule has 1 saturated carbocycles. The lowest BCUT2D eigenvalue weighted by molar-refractivity contribution is 0.0958. The monoisotopic (exact) mass is 270 g/mol. The number of amides is 1. The van der Waals surface area contributed by atoms with Crippen molar-refractivity contribution in [1.82, 2.24) is 5.32 Å². The van der Waals surface area contributed by atoms with Gasteiger partial charge in [-0.2, -0.15) is 0 Å². The molecule has 94 valence electrons. The Morgan fingerprint density at radius 3 is 2.82 bits per heavy atom. The fourth-order valence-corrected chi connectivity index (χ4v) is 3.87. The van der Waals surface area contributed by atoms with E-state index in [4.69, 9.17) is 5.73 Å². The van der Waals surface area contributed by atoms with Crippen LogP contribution in [0.15, 0.2) is 4.21 Å². The Morgan fingerprint density at radius 2 is 2.29 bits per heavy atom. The molecule has 0 radical (unpaired) electrons. The quantitative estimate of drug-likeness (QED) is 0.808. The Balaban J connectivity index is 2.25. The van der Waals surface area contributed by atoms with E-state index in [0.29, 0.717) is 17.3 Å². The van der Waals surface area contributed by atoms with Crippen LogP contribution in [0.2, 0.25) is 0 Å². The lowest BCUT2D eigenvalue weighted by atomic mass is 10.1. The molecule has 0 saturated heterocycles. The third-order valence-electron chi connectivity index (χ3n) is 2.86. The predicted octanol–water partition coefficient (Wildman–Crippen LogP) is 3.07. The second-order valence-corrected chi connectivity index (χ2v) is 6.38. The van der Waals surface area contributed by atoms with Crippen LogP contribution in [-0.4, -0.2) is 18.7 Å². The van der Waals surface area contributed by atoms with E-state index in [1.165, 1.54) is 34.0 Å². The van der Waals surface area contributed by atoms with Gasteiger partial charge in [0, 0.05) is 12.1 Å². The number of carbonyl (C=O) groups excluding carboxylic acids is 1. The lowest BCUT2D eigenvalue weighted by Gasteiger charge is -2.03. The minimum Gasteiger partial charge on any atom is -0.397 e. The van der Waals surface area contributed by atoms with Crippen LogP contribution < -0.4 is 11.1 Å². The number of nitrogens with two attached hydrogens (primary N) is 1. The number of thioether (sulfide) groups is 1. The van der Waals surface area contributed by atoms with Crippen molar-refractivity contribution in [2.24, 2.45) is 0 Å². The van der Waals surface area contributed by atoms with Crippen LogP contribution in [0.25, 0.3) is 0 Å². The number of anilines is 1. The van der Waals surface area contributed by atoms with Gasteiger partial charge in [0.15, 0.2) is 0 Å². The van der Waals surface area contributed by atoms with E-state index in [1.54, 1.807) is 11.8 Å². The Bertz CT molecular complexity index is 424. The maximum absolute atomic E-state index is 12.0. The third kappa shape index (κ3) is 2.60. The van der Waals surface area contributed by atoms with Gasteiger partial charge in [-0.05, 0) is 31.4 Å². The zero-order valence-electron chi connectivity index (χ0n) is 10.2. The molecular weight excluding hydrogens is 252 g/mol. The zero-order valence-corrected chi connectivity index (χ0v) is 11.8. The minimum atomic E-state index is -0.0171. The molecule has 17 heavy (non-hydrogen) atoms. The highest BCUT2D eigenvalue weighted by molar-refractivity contribution is 8.00. The zero-order chi connectivity index (χ0) is 12.4. The normalized spacial score (nSPS) is 14.9. The van der Waals surface area contributed by atoms with Crippen molar-refractivity contribution >= 4 is 34.7 Å². The molecule has 1 aliphatic carbocycles. The van der Waals surface area contributed by atoms with Gasteiger partial charge >= 0.3 is 0 Å². The highest BCUT2D eigenvalue weighted by Crippen LogP contribution is 2.50. The van der Waals surface area contributed by atoms with E-state index in [1.807, 2.05) is 13.2 Å². The molecule has 0 atom stereocenters. The molecule has 0 aliphatic heterocycles. The highest BCUT2D eigenvalue weighted by atomic mass is 32.2. The molecule has 1 amide bonds. The van der Waals surface area contributed by atoms with Crippen LogP contribution in [0.4, 0.5) is 5.69 Å². The molecule has 0 bridgehead atoms. The van der Waals surface area contributed by atoms with Crippen molar-refractivity contribution in [3.63, 3.8) is 0 Å². The summed E-state index contributed by atoms with van der Waals surface area (Å²) in [5.41, 5.74) is 8.07. The second-order valence-electron chi connectivity index (χ2n) is 4.28. The van der Waals surface area contributed by atoms with Gasteiger partial charge in [-0.3, -0.25) is 4.79 Å². The molecular formula is C12H18N2OS2. The first-order valence-corrected chi connectivity index (χ1v) is 7.97. The van der Waals surface area contributed by atoms with Crippen LogP contribution in [0, 0.1) is 0 Å². The van der Waals surface area contributed by atoms with E-state index in [9.17, 15) is 4.79 Å². The maximum atomic E-state index is 12.0. The van der Waals surface area contributed by atoms with E-state index < -0.39 is 0 Å². The van der Waals surface area contributed by atoms with Crippen LogP contribution in [0.3, 0.4) is 0 Å². The number of rotatable bonds is 5. The third-order valence-corrected chi connectivity index (χ3v) is 5.22. The van der Waals surface area contributed by atoms with Crippen LogP contribution in [-0.2, 0) is 0 Å². The number of nitrogens with one attached hydrogen (secondary N) is 1. The van der Waals surface area contributed by atoms with Crippen LogP contribution in [0.5, 0.6) is 0 Å². The van der Waals surface area contributed by atoms with E-state index in [-0.39, 0.29) is 5.91 Å². The Labute approximate surface area is 110 Å². The summed E-state index contributed by atoms with van der Waals surface area (Å²) in [6.45, 7) is 2.75. The molecule has 1 heterocycles. The number of hydrogen-bond acceptors (Lipinski definition) is 4. The van der Waals surface area contributed by atoms with Crippen molar-refractivity contribution in [2.45, 2.75) is 36.3 Å². The molecule has 1 aliphatic rings. The van der Waals surface area contributed by atoms with Gasteiger partial charge in [0.25, 0.3) is 5.91 Å². The Morgan fingerprint density at radius 1 is 1.59 bits per heavy atom. The summed E-state index contributed by atoms with van der Waals surface area (Å²) in [7, 11) is 0. The minimum absolute atomic E-state index is 0.0171. The first kappa shape index (κ1) is 12.8. The average Bonchev–Trinajstić information content (AvgIpc) is 3.10. The standard InChI is InChI=1S/C12H18N2OS2/c1-3-6-14-11(15)10-9(13)8(7-4-5-7)12(16-2)17-10/h7H,3-6,13H2,1-2H3,(H,14,15). The van der Waals surface area contributed by atoms with Crippen molar-refractivity contribution in [2.75, 3.05) is 18.5 Å². The smallest absolute Gasteiger partial charge is 0.263 e. The lowest BCUT2D eigenvalue weighted by Crippen LogP contribution is -2.23. The van der Waals surface area contributed by atoms with Gasteiger partial charge in [-0.15, -0.1) is 23.1 Å². The molecule has 1 aromatic rings. The molecule has 1 aromatic heterocycles. The van der Waals surface area contributed by atoms with Gasteiger partial charge < -0.3 is 11.1 Å². The Kier molecular flexibility index (Phi) is 3.99. The van der Waals surface area contributed by atoms with E-state index in [0.717, 1.165) is 12.1 Å². The summed E-state index contributed by atoms with van der Waals surface area (Å²) in [6.07, 6.45) is 5.42. The number of nitrogen functional groups attached to an aromatic ring is 1. The maximum Gasteiger partial charge on any atom is 0.263 e. The first-order valence-electron chi connectivity index (χ1n) is 5.93. The van der Waals surface area contributed by atoms with Gasteiger partial charge in [0.05, 0.1) is 9.90 Å². The van der Waals surface area contributed by atoms with Crippen molar-refractivity contribution in [3.8, 4) is 0 Å². The summed E-state index contributed by atoms with van der Waals surface area (Å²) in [4.78, 5) is 12.7. The van der Waals surface area contributed by atoms with Gasteiger partial charge in [-0.1, -0.05) is 6.92 Å². The molecule has 2 rings (SSSR count). The van der Waals surface area contributed by atoms with E-state index in [2.05, 4.69) is 5.32 Å². The van der Waals surface area contributed by atoms with E-state index >= 15 is 0 Å². The molecule has 3 nitrogen and oxygen atoms in total. The fourth-order valence-electron chi connectivity index (χ4n) is 1.83. The van der Waals surface area contributed by atoms with Gasteiger partial charge in [-0.25, -0.2) is 0 Å². The van der Waals surface area contributed by atoms with Gasteiger partial charge in [0.2, 0.25) is 0 Å². The number of carbonyl (C=O) groups is 1. The SMILES string of the molecule is CCCNC(=O)c1sc(SC)c(C2CC2)c1N. The van der Waals surface area contributed by atoms with Crippen molar-refractivity contribution in [3.05, 3.63) is 10.4 Å². The first-order chi connectivity index (χ1) is 8.19. The van der Waals surface area contributed by atoms with Crippen LogP contribution in [0.1, 0.15) is 47.3 Å². The molecule has 0 aromatic carbocycles. The highest BCUT2D eigenvalue weighted by Gasteiger charge is 2.32. The second kappa shape index (κ2) is 5.31. The molecule has 3 N–H and O–H groups in total. The summed E-state index contributed by atoms with van der Waals surface area (Å²) in [5.74, 6) is 0.581. The van der Waals surface area contributed by atoms with Gasteiger partial charge in [0.1, 0.15) is 4.88 Å². The molecule has 0 unspecified atom stereocenters. The predicted molar refractivity (Wildman–Crippen MR) is 75.1 cm³/mol. The summed E-state index contributed by atoms with van der Waals surface area (Å²) < 4.78 is 1.21. The fraction of sp³-hybridized carbons (Fsp3) is 0.583. The molecule has 0 spiro atoms. The average molecular weight is 270 g/mol. The molecule has 5 heteroatoms. The number of thiophene rings is 1. The summed E-state index contributed by atoms with van der Waals surface area (Å²) >= 11 is 3.24. The van der Waals surface area contributed by atoms with Crippen molar-refractivity contribution in [1.29, 1.82) is 0 Å². The van der Waals surface area contributed by atoms with Crippen LogP contribution >= 0.6 is 23.1 Å². The largest absolute Gasteiger partial charge is 0.397 e. The van der Waals surface area contributed by atoms with Crippen molar-refractivity contribution < 1.29 is 4.79 Å². The molecule has 1 fully saturated rings.